The summed E-state index contributed by atoms with van der Waals surface area (Å²) in [5.74, 6) is 1.11. The smallest absolute Gasteiger partial charge is 0.115 e. The van der Waals surface area contributed by atoms with Crippen LogP contribution in [0.4, 0.5) is 0 Å². The Labute approximate surface area is 143 Å². The standard InChI is InChI=1S/C22H24O2/c1-3-4-21-19-8-7-18(24)12-20(19)14(2)22(21)10-9-15-11-17(23)6-5-16(15)13-22/h4-8,11-12,14,23-24H,3,9-10,13H2,1-2H3/b21-4+. The van der Waals surface area contributed by atoms with Crippen LogP contribution in [-0.4, -0.2) is 10.2 Å². The lowest BCUT2D eigenvalue weighted by atomic mass is 9.63. The second-order valence-corrected chi connectivity index (χ2v) is 7.31. The van der Waals surface area contributed by atoms with Crippen molar-refractivity contribution in [1.29, 1.82) is 0 Å². The van der Waals surface area contributed by atoms with Gasteiger partial charge in [-0.1, -0.05) is 32.1 Å². The maximum absolute atomic E-state index is 9.96. The van der Waals surface area contributed by atoms with Crippen LogP contribution in [-0.2, 0) is 12.8 Å². The molecule has 0 amide bonds. The number of hydrogen-bond donors (Lipinski definition) is 2. The number of hydrogen-bond acceptors (Lipinski definition) is 2. The van der Waals surface area contributed by atoms with Crippen LogP contribution < -0.4 is 0 Å². The lowest BCUT2D eigenvalue weighted by molar-refractivity contribution is 0.303. The van der Waals surface area contributed by atoms with E-state index >= 15 is 0 Å². The van der Waals surface area contributed by atoms with E-state index in [2.05, 4.69) is 32.1 Å². The van der Waals surface area contributed by atoms with Crippen LogP contribution in [0.3, 0.4) is 0 Å². The molecule has 2 unspecified atom stereocenters. The van der Waals surface area contributed by atoms with Gasteiger partial charge >= 0.3 is 0 Å². The Balaban J connectivity index is 1.86. The van der Waals surface area contributed by atoms with Gasteiger partial charge in [0.15, 0.2) is 0 Å². The molecular weight excluding hydrogens is 296 g/mol. The zero-order chi connectivity index (χ0) is 16.9. The van der Waals surface area contributed by atoms with E-state index in [1.54, 1.807) is 6.07 Å². The molecule has 0 aromatic heterocycles. The number of fused-ring (bicyclic) bond motifs is 2. The number of aryl methyl sites for hydroxylation is 1. The second kappa shape index (κ2) is 5.41. The molecule has 0 bridgehead atoms. The van der Waals surface area contributed by atoms with Crippen molar-refractivity contribution in [1.82, 2.24) is 0 Å². The highest BCUT2D eigenvalue weighted by Crippen LogP contribution is 2.61. The summed E-state index contributed by atoms with van der Waals surface area (Å²) in [6, 6.07) is 11.7. The predicted molar refractivity (Wildman–Crippen MR) is 97.4 cm³/mol. The van der Waals surface area contributed by atoms with Crippen LogP contribution in [0, 0.1) is 5.41 Å². The lowest BCUT2D eigenvalue weighted by Crippen LogP contribution is -2.31. The van der Waals surface area contributed by atoms with Gasteiger partial charge in [-0.25, -0.2) is 0 Å². The third-order valence-electron chi connectivity index (χ3n) is 6.10. The van der Waals surface area contributed by atoms with E-state index in [-0.39, 0.29) is 5.41 Å². The molecule has 0 saturated carbocycles. The highest BCUT2D eigenvalue weighted by Gasteiger charge is 2.48. The highest BCUT2D eigenvalue weighted by atomic mass is 16.3. The second-order valence-electron chi connectivity index (χ2n) is 7.31. The fourth-order valence-corrected chi connectivity index (χ4v) is 4.87. The summed E-state index contributed by atoms with van der Waals surface area (Å²) in [7, 11) is 0. The van der Waals surface area contributed by atoms with Gasteiger partial charge in [0.05, 0.1) is 0 Å². The summed E-state index contributed by atoms with van der Waals surface area (Å²) in [5.41, 5.74) is 6.77. The van der Waals surface area contributed by atoms with E-state index in [1.807, 2.05) is 18.2 Å². The average Bonchev–Trinajstić information content (AvgIpc) is 2.78. The summed E-state index contributed by atoms with van der Waals surface area (Å²) in [6.45, 7) is 4.50. The molecule has 4 rings (SSSR count). The summed E-state index contributed by atoms with van der Waals surface area (Å²) in [6.07, 6.45) is 6.49. The minimum absolute atomic E-state index is 0.107. The van der Waals surface area contributed by atoms with E-state index in [0.29, 0.717) is 17.4 Å². The Kier molecular flexibility index (Phi) is 3.45. The topological polar surface area (TPSA) is 40.5 Å². The molecule has 0 radical (unpaired) electrons. The monoisotopic (exact) mass is 320 g/mol. The first kappa shape index (κ1) is 15.3. The van der Waals surface area contributed by atoms with Gasteiger partial charge in [-0.05, 0) is 83.7 Å². The van der Waals surface area contributed by atoms with Gasteiger partial charge in [-0.15, -0.1) is 0 Å². The van der Waals surface area contributed by atoms with Crippen molar-refractivity contribution in [3.8, 4) is 11.5 Å². The Morgan fingerprint density at radius 3 is 2.62 bits per heavy atom. The van der Waals surface area contributed by atoms with Crippen molar-refractivity contribution >= 4 is 5.57 Å². The Bertz CT molecular complexity index is 834. The van der Waals surface area contributed by atoms with E-state index < -0.39 is 0 Å². The fourth-order valence-electron chi connectivity index (χ4n) is 4.87. The molecule has 1 spiro atoms. The van der Waals surface area contributed by atoms with E-state index in [0.717, 1.165) is 25.7 Å². The first-order chi connectivity index (χ1) is 11.5. The van der Waals surface area contributed by atoms with Crippen LogP contribution in [0.2, 0.25) is 0 Å². The SMILES string of the molecule is CC/C=C1\c2ccc(O)cc2C(C)C12CCc1cc(O)ccc1C2. The number of allylic oxidation sites excluding steroid dienone is 2. The summed E-state index contributed by atoms with van der Waals surface area (Å²) < 4.78 is 0. The van der Waals surface area contributed by atoms with Crippen LogP contribution in [0.5, 0.6) is 11.5 Å². The minimum Gasteiger partial charge on any atom is -0.508 e. The molecule has 0 aliphatic heterocycles. The van der Waals surface area contributed by atoms with E-state index in [4.69, 9.17) is 0 Å². The number of benzene rings is 2. The molecular formula is C22H24O2. The van der Waals surface area contributed by atoms with Gasteiger partial charge in [0.1, 0.15) is 11.5 Å². The molecule has 124 valence electrons. The number of aromatic hydroxyl groups is 2. The van der Waals surface area contributed by atoms with Crippen molar-refractivity contribution < 1.29 is 10.2 Å². The minimum atomic E-state index is 0.107. The average molecular weight is 320 g/mol. The van der Waals surface area contributed by atoms with Gasteiger partial charge in [-0.2, -0.15) is 0 Å². The van der Waals surface area contributed by atoms with Gasteiger partial charge in [0.2, 0.25) is 0 Å². The highest BCUT2D eigenvalue weighted by molar-refractivity contribution is 5.80. The predicted octanol–water partition coefficient (Wildman–Crippen LogP) is 5.18. The maximum Gasteiger partial charge on any atom is 0.115 e. The Morgan fingerprint density at radius 2 is 1.83 bits per heavy atom. The molecule has 2 nitrogen and oxygen atoms in total. The van der Waals surface area contributed by atoms with Crippen molar-refractivity contribution in [2.45, 2.75) is 45.4 Å². The van der Waals surface area contributed by atoms with Gasteiger partial charge in [-0.3, -0.25) is 0 Å². The summed E-state index contributed by atoms with van der Waals surface area (Å²) in [5, 5.41) is 19.7. The molecule has 2 aromatic carbocycles. The van der Waals surface area contributed by atoms with Crippen molar-refractivity contribution in [3.63, 3.8) is 0 Å². The molecule has 2 N–H and O–H groups in total. The zero-order valence-electron chi connectivity index (χ0n) is 14.3. The normalized spacial score (nSPS) is 26.6. The van der Waals surface area contributed by atoms with Gasteiger partial charge in [0, 0.05) is 5.41 Å². The lowest BCUT2D eigenvalue weighted by Gasteiger charge is -2.40. The van der Waals surface area contributed by atoms with E-state index in [1.165, 1.54) is 27.8 Å². The summed E-state index contributed by atoms with van der Waals surface area (Å²) >= 11 is 0. The molecule has 2 atom stereocenters. The number of phenols is 2. The molecule has 2 heteroatoms. The first-order valence-corrected chi connectivity index (χ1v) is 8.90. The molecule has 2 aromatic rings. The van der Waals surface area contributed by atoms with Gasteiger partial charge in [0.25, 0.3) is 0 Å². The molecule has 0 heterocycles. The molecule has 2 aliphatic carbocycles. The van der Waals surface area contributed by atoms with Crippen LogP contribution in [0.1, 0.15) is 54.9 Å². The summed E-state index contributed by atoms with van der Waals surface area (Å²) in [4.78, 5) is 0. The third-order valence-corrected chi connectivity index (χ3v) is 6.10. The Hall–Kier alpha value is -2.22. The van der Waals surface area contributed by atoms with Crippen LogP contribution in [0.25, 0.3) is 5.57 Å². The quantitative estimate of drug-likeness (QED) is 0.759. The largest absolute Gasteiger partial charge is 0.508 e. The zero-order valence-corrected chi connectivity index (χ0v) is 14.3. The molecule has 24 heavy (non-hydrogen) atoms. The Morgan fingerprint density at radius 1 is 1.08 bits per heavy atom. The van der Waals surface area contributed by atoms with Crippen molar-refractivity contribution in [2.24, 2.45) is 5.41 Å². The first-order valence-electron chi connectivity index (χ1n) is 8.90. The van der Waals surface area contributed by atoms with Crippen LogP contribution in [0.15, 0.2) is 42.5 Å². The third kappa shape index (κ3) is 2.09. The maximum atomic E-state index is 9.96. The fraction of sp³-hybridized carbons (Fsp3) is 0.364. The molecule has 0 fully saturated rings. The molecule has 2 aliphatic rings. The van der Waals surface area contributed by atoms with E-state index in [9.17, 15) is 10.2 Å². The van der Waals surface area contributed by atoms with Crippen molar-refractivity contribution in [3.05, 3.63) is 64.7 Å². The number of rotatable bonds is 1. The van der Waals surface area contributed by atoms with Crippen LogP contribution >= 0.6 is 0 Å². The molecule has 0 saturated heterocycles. The van der Waals surface area contributed by atoms with Gasteiger partial charge < -0.3 is 10.2 Å². The number of phenolic OH excluding ortho intramolecular Hbond substituents is 2. The van der Waals surface area contributed by atoms with Crippen molar-refractivity contribution in [2.75, 3.05) is 0 Å².